The topological polar surface area (TPSA) is 96.9 Å². The molecule has 30 heavy (non-hydrogen) atoms. The van der Waals surface area contributed by atoms with Crippen LogP contribution in [0.25, 0.3) is 0 Å². The van der Waals surface area contributed by atoms with Gasteiger partial charge in [0.2, 0.25) is 6.79 Å². The summed E-state index contributed by atoms with van der Waals surface area (Å²) in [6.45, 7) is 4.32. The smallest absolute Gasteiger partial charge is 0.335 e. The maximum Gasteiger partial charge on any atom is 0.335 e. The second kappa shape index (κ2) is 6.52. The zero-order valence-corrected chi connectivity index (χ0v) is 16.7. The molecule has 0 aromatic heterocycles. The summed E-state index contributed by atoms with van der Waals surface area (Å²) in [5, 5.41) is 16.2. The molecule has 154 valence electrons. The van der Waals surface area contributed by atoms with Gasteiger partial charge in [0, 0.05) is 17.7 Å². The van der Waals surface area contributed by atoms with Gasteiger partial charge in [-0.15, -0.1) is 0 Å². The number of rotatable bonds is 2. The zero-order valence-electron chi connectivity index (χ0n) is 16.7. The Hall–Kier alpha value is -3.48. The van der Waals surface area contributed by atoms with Gasteiger partial charge in [0.05, 0.1) is 23.0 Å². The number of hydrogen-bond donors (Lipinski definition) is 3. The average molecular weight is 406 g/mol. The van der Waals surface area contributed by atoms with Crippen molar-refractivity contribution >= 4 is 23.1 Å². The van der Waals surface area contributed by atoms with E-state index in [-0.39, 0.29) is 29.6 Å². The van der Waals surface area contributed by atoms with Gasteiger partial charge in [0.15, 0.2) is 17.3 Å². The first-order valence-electron chi connectivity index (χ1n) is 9.87. The summed E-state index contributed by atoms with van der Waals surface area (Å²) >= 11 is 0. The van der Waals surface area contributed by atoms with Gasteiger partial charge in [-0.25, -0.2) is 4.79 Å². The van der Waals surface area contributed by atoms with Crippen molar-refractivity contribution in [2.75, 3.05) is 17.4 Å². The van der Waals surface area contributed by atoms with E-state index in [0.717, 1.165) is 16.9 Å². The molecule has 0 saturated carbocycles. The monoisotopic (exact) mass is 406 g/mol. The minimum absolute atomic E-state index is 0.0789. The number of aromatic carboxylic acids is 1. The molecule has 2 aromatic rings. The largest absolute Gasteiger partial charge is 0.478 e. The highest BCUT2D eigenvalue weighted by Gasteiger charge is 2.39. The lowest BCUT2D eigenvalue weighted by Gasteiger charge is -2.34. The third-order valence-electron chi connectivity index (χ3n) is 5.79. The lowest BCUT2D eigenvalue weighted by atomic mass is 9.73. The predicted molar refractivity (Wildman–Crippen MR) is 111 cm³/mol. The van der Waals surface area contributed by atoms with Gasteiger partial charge in [-0.2, -0.15) is 0 Å². The van der Waals surface area contributed by atoms with Crippen molar-refractivity contribution in [3.63, 3.8) is 0 Å². The Bertz CT molecular complexity index is 1120. The predicted octanol–water partition coefficient (Wildman–Crippen LogP) is 4.34. The molecule has 2 heterocycles. The molecule has 0 amide bonds. The number of ether oxygens (including phenoxy) is 2. The Labute approximate surface area is 173 Å². The van der Waals surface area contributed by atoms with Crippen LogP contribution in [0.1, 0.15) is 48.7 Å². The number of nitrogens with one attached hydrogen (secondary N) is 2. The van der Waals surface area contributed by atoms with Crippen LogP contribution in [-0.4, -0.2) is 23.7 Å². The Kier molecular flexibility index (Phi) is 4.03. The molecule has 1 aliphatic carbocycles. The normalized spacial score (nSPS) is 21.1. The summed E-state index contributed by atoms with van der Waals surface area (Å²) in [6, 6.07) is 10.2. The van der Waals surface area contributed by atoms with Crippen LogP contribution in [0.3, 0.4) is 0 Å². The molecule has 0 radical (unpaired) electrons. The third kappa shape index (κ3) is 3.07. The lowest BCUT2D eigenvalue weighted by molar-refractivity contribution is -0.118. The van der Waals surface area contributed by atoms with Crippen LogP contribution in [0.4, 0.5) is 11.4 Å². The first kappa shape index (κ1) is 18.5. The molecule has 3 N–H and O–H groups in total. The van der Waals surface area contributed by atoms with Crippen molar-refractivity contribution in [1.82, 2.24) is 0 Å². The molecule has 0 spiro atoms. The minimum atomic E-state index is -0.995. The first-order chi connectivity index (χ1) is 14.3. The van der Waals surface area contributed by atoms with E-state index in [4.69, 9.17) is 9.47 Å². The number of carboxylic acid groups (broad SMARTS) is 1. The molecule has 7 nitrogen and oxygen atoms in total. The van der Waals surface area contributed by atoms with E-state index in [0.29, 0.717) is 35.6 Å². The van der Waals surface area contributed by atoms with Crippen LogP contribution in [0.15, 0.2) is 47.7 Å². The number of ketones is 1. The summed E-state index contributed by atoms with van der Waals surface area (Å²) < 4.78 is 11.0. The van der Waals surface area contributed by atoms with E-state index in [1.165, 1.54) is 0 Å². The molecule has 7 heteroatoms. The van der Waals surface area contributed by atoms with Crippen LogP contribution in [0.5, 0.6) is 11.5 Å². The average Bonchev–Trinajstić information content (AvgIpc) is 3.07. The van der Waals surface area contributed by atoms with E-state index in [1.54, 1.807) is 18.2 Å². The number of allylic oxidation sites excluding steroid dienone is 1. The molecule has 5 rings (SSSR count). The van der Waals surface area contributed by atoms with E-state index in [9.17, 15) is 14.7 Å². The third-order valence-corrected chi connectivity index (χ3v) is 5.79. The number of hydrogen-bond acceptors (Lipinski definition) is 6. The van der Waals surface area contributed by atoms with Crippen LogP contribution in [-0.2, 0) is 4.79 Å². The number of carbonyl (C=O) groups excluding carboxylic acids is 1. The number of fused-ring (bicyclic) bond motifs is 2. The van der Waals surface area contributed by atoms with Crippen molar-refractivity contribution in [1.29, 1.82) is 0 Å². The quantitative estimate of drug-likeness (QED) is 0.683. The SMILES string of the molecule is CC1(C)CC(=O)C2=C(C1)Nc1cc(C(=O)O)ccc1N[C@H]2c1ccc2c(c1)OCO2. The summed E-state index contributed by atoms with van der Waals surface area (Å²) in [5.74, 6) is 0.418. The molecule has 0 fully saturated rings. The van der Waals surface area contributed by atoms with Gasteiger partial charge in [-0.3, -0.25) is 4.79 Å². The lowest BCUT2D eigenvalue weighted by Crippen LogP contribution is -2.31. The summed E-state index contributed by atoms with van der Waals surface area (Å²) in [4.78, 5) is 24.7. The highest BCUT2D eigenvalue weighted by molar-refractivity contribution is 6.01. The number of carbonyl (C=O) groups is 2. The second-order valence-electron chi connectivity index (χ2n) is 8.71. The highest BCUT2D eigenvalue weighted by atomic mass is 16.7. The van der Waals surface area contributed by atoms with Crippen LogP contribution in [0.2, 0.25) is 0 Å². The van der Waals surface area contributed by atoms with Gasteiger partial charge in [-0.1, -0.05) is 19.9 Å². The van der Waals surface area contributed by atoms with E-state index < -0.39 is 5.97 Å². The standard InChI is InChI=1S/C23H22N2O5/c1-23(2)9-16-20(17(26)10-23)21(12-4-6-18-19(8-12)30-11-29-18)25-14-5-3-13(22(27)28)7-15(14)24-16/h3-8,21,24-25H,9-11H2,1-2H3,(H,27,28)/t21-/m0/s1. The summed E-state index contributed by atoms with van der Waals surface area (Å²) in [6.07, 6.45) is 1.14. The Balaban J connectivity index is 1.66. The Morgan fingerprint density at radius 3 is 2.67 bits per heavy atom. The van der Waals surface area contributed by atoms with Gasteiger partial charge < -0.3 is 25.2 Å². The van der Waals surface area contributed by atoms with Gasteiger partial charge in [0.25, 0.3) is 0 Å². The van der Waals surface area contributed by atoms with Crippen LogP contribution < -0.4 is 20.1 Å². The molecule has 0 unspecified atom stereocenters. The number of carboxylic acids is 1. The van der Waals surface area contributed by atoms with E-state index >= 15 is 0 Å². The van der Waals surface area contributed by atoms with Gasteiger partial charge in [-0.05, 0) is 47.7 Å². The molecule has 0 saturated heterocycles. The van der Waals surface area contributed by atoms with Crippen molar-refractivity contribution in [2.45, 2.75) is 32.7 Å². The minimum Gasteiger partial charge on any atom is -0.478 e. The number of benzene rings is 2. The summed E-state index contributed by atoms with van der Waals surface area (Å²) in [5.41, 5.74) is 3.79. The van der Waals surface area contributed by atoms with Crippen molar-refractivity contribution in [3.05, 3.63) is 58.8 Å². The van der Waals surface area contributed by atoms with Crippen LogP contribution in [0, 0.1) is 5.41 Å². The molecule has 2 aromatic carbocycles. The molecule has 2 aliphatic heterocycles. The molecular formula is C23H22N2O5. The van der Waals surface area contributed by atoms with E-state index in [1.807, 2.05) is 18.2 Å². The maximum absolute atomic E-state index is 13.3. The second-order valence-corrected chi connectivity index (χ2v) is 8.71. The van der Waals surface area contributed by atoms with Crippen molar-refractivity contribution < 1.29 is 24.2 Å². The van der Waals surface area contributed by atoms with Crippen molar-refractivity contribution in [3.8, 4) is 11.5 Å². The van der Waals surface area contributed by atoms with Gasteiger partial charge >= 0.3 is 5.97 Å². The number of anilines is 2. The zero-order chi connectivity index (χ0) is 21.0. The fraction of sp³-hybridized carbons (Fsp3) is 0.304. The van der Waals surface area contributed by atoms with Gasteiger partial charge in [0.1, 0.15) is 0 Å². The number of Topliss-reactive ketones (excluding diaryl/α,β-unsaturated/α-hetero) is 1. The molecule has 1 atom stereocenters. The molecular weight excluding hydrogens is 384 g/mol. The van der Waals surface area contributed by atoms with E-state index in [2.05, 4.69) is 24.5 Å². The fourth-order valence-corrected chi connectivity index (χ4v) is 4.42. The molecule has 0 bridgehead atoms. The highest BCUT2D eigenvalue weighted by Crippen LogP contribution is 2.46. The molecule has 3 aliphatic rings. The Morgan fingerprint density at radius 2 is 1.87 bits per heavy atom. The van der Waals surface area contributed by atoms with Crippen molar-refractivity contribution in [2.24, 2.45) is 5.41 Å². The fourth-order valence-electron chi connectivity index (χ4n) is 4.42. The Morgan fingerprint density at radius 1 is 1.07 bits per heavy atom. The summed E-state index contributed by atoms with van der Waals surface area (Å²) in [7, 11) is 0. The maximum atomic E-state index is 13.3. The first-order valence-corrected chi connectivity index (χ1v) is 9.87. The van der Waals surface area contributed by atoms with Crippen LogP contribution >= 0.6 is 0 Å².